The first-order valence-electron chi connectivity index (χ1n) is 3.75. The molecule has 1 saturated carbocycles. The van der Waals surface area contributed by atoms with Crippen molar-refractivity contribution < 1.29 is 4.74 Å². The van der Waals surface area contributed by atoms with Gasteiger partial charge in [-0.15, -0.1) is 0 Å². The summed E-state index contributed by atoms with van der Waals surface area (Å²) in [6, 6.07) is 0. The summed E-state index contributed by atoms with van der Waals surface area (Å²) in [6.45, 7) is 6.61. The molecule has 1 nitrogen and oxygen atoms in total. The standard InChI is InChI=1S/C8H14O/c1-7(2)6-4-5-8(6,3)9-7/h6H,4-5H2,1-3H3. The highest BCUT2D eigenvalue weighted by molar-refractivity contribution is 5.11. The van der Waals surface area contributed by atoms with Gasteiger partial charge < -0.3 is 4.74 Å². The maximum Gasteiger partial charge on any atom is 0.0717 e. The topological polar surface area (TPSA) is 9.23 Å². The summed E-state index contributed by atoms with van der Waals surface area (Å²) in [5, 5.41) is 0. The Balaban J connectivity index is 2.14. The lowest BCUT2D eigenvalue weighted by molar-refractivity contribution is -0.349. The van der Waals surface area contributed by atoms with Crippen molar-refractivity contribution in [3.05, 3.63) is 0 Å². The predicted octanol–water partition coefficient (Wildman–Crippen LogP) is 1.96. The van der Waals surface area contributed by atoms with Crippen molar-refractivity contribution in [3.63, 3.8) is 0 Å². The third kappa shape index (κ3) is 0.493. The molecule has 0 aromatic heterocycles. The summed E-state index contributed by atoms with van der Waals surface area (Å²) < 4.78 is 5.71. The van der Waals surface area contributed by atoms with Gasteiger partial charge in [0.05, 0.1) is 11.2 Å². The smallest absolute Gasteiger partial charge is 0.0717 e. The quantitative estimate of drug-likeness (QED) is 0.482. The summed E-state index contributed by atoms with van der Waals surface area (Å²) in [5.74, 6) is 0.852. The van der Waals surface area contributed by atoms with Crippen LogP contribution in [0.5, 0.6) is 0 Å². The van der Waals surface area contributed by atoms with E-state index in [2.05, 4.69) is 20.8 Å². The number of rotatable bonds is 0. The molecular formula is C8H14O. The highest BCUT2D eigenvalue weighted by atomic mass is 16.6. The molecule has 1 heterocycles. The summed E-state index contributed by atoms with van der Waals surface area (Å²) in [5.41, 5.74) is 0.497. The van der Waals surface area contributed by atoms with Crippen molar-refractivity contribution in [2.75, 3.05) is 0 Å². The largest absolute Gasteiger partial charge is 0.369 e. The average Bonchev–Trinajstić information content (AvgIpc) is 1.60. The molecule has 52 valence electrons. The van der Waals surface area contributed by atoms with E-state index in [0.717, 1.165) is 5.92 Å². The van der Waals surface area contributed by atoms with Crippen LogP contribution < -0.4 is 0 Å². The van der Waals surface area contributed by atoms with Gasteiger partial charge in [-0.3, -0.25) is 0 Å². The van der Waals surface area contributed by atoms with E-state index in [-0.39, 0.29) is 5.60 Å². The molecule has 1 aliphatic heterocycles. The molecule has 1 saturated heterocycles. The van der Waals surface area contributed by atoms with Crippen LogP contribution in [0.2, 0.25) is 0 Å². The van der Waals surface area contributed by atoms with Crippen LogP contribution in [0, 0.1) is 5.92 Å². The molecule has 1 heteroatoms. The number of fused-ring (bicyclic) bond motifs is 1. The van der Waals surface area contributed by atoms with E-state index >= 15 is 0 Å². The molecule has 2 fully saturated rings. The van der Waals surface area contributed by atoms with Crippen molar-refractivity contribution in [2.24, 2.45) is 5.92 Å². The molecule has 0 amide bonds. The van der Waals surface area contributed by atoms with E-state index < -0.39 is 0 Å². The zero-order chi connectivity index (χ0) is 6.70. The van der Waals surface area contributed by atoms with Crippen LogP contribution in [0.3, 0.4) is 0 Å². The van der Waals surface area contributed by atoms with Crippen LogP contribution in [0.4, 0.5) is 0 Å². The molecule has 0 aromatic carbocycles. The summed E-state index contributed by atoms with van der Waals surface area (Å²) in [7, 11) is 0. The molecule has 0 bridgehead atoms. The van der Waals surface area contributed by atoms with Crippen LogP contribution in [-0.4, -0.2) is 11.2 Å². The van der Waals surface area contributed by atoms with Gasteiger partial charge in [0.2, 0.25) is 0 Å². The second-order valence-electron chi connectivity index (χ2n) is 4.11. The Hall–Kier alpha value is -0.0400. The van der Waals surface area contributed by atoms with Crippen LogP contribution in [-0.2, 0) is 4.74 Å². The Bertz CT molecular complexity index is 141. The minimum atomic E-state index is 0.201. The molecule has 2 aliphatic rings. The van der Waals surface area contributed by atoms with Gasteiger partial charge in [-0.2, -0.15) is 0 Å². The lowest BCUT2D eigenvalue weighted by Gasteiger charge is -2.66. The lowest BCUT2D eigenvalue weighted by Crippen LogP contribution is -2.70. The molecule has 9 heavy (non-hydrogen) atoms. The highest BCUT2D eigenvalue weighted by Crippen LogP contribution is 2.59. The summed E-state index contributed by atoms with van der Waals surface area (Å²) in [6.07, 6.45) is 2.66. The average molecular weight is 126 g/mol. The third-order valence-electron chi connectivity index (χ3n) is 3.00. The molecule has 0 spiro atoms. The van der Waals surface area contributed by atoms with E-state index in [4.69, 9.17) is 4.74 Å². The number of ether oxygens (including phenoxy) is 1. The maximum atomic E-state index is 5.71. The molecule has 2 unspecified atom stereocenters. The van der Waals surface area contributed by atoms with Gasteiger partial charge in [0.25, 0.3) is 0 Å². The van der Waals surface area contributed by atoms with E-state index in [9.17, 15) is 0 Å². The van der Waals surface area contributed by atoms with E-state index in [1.54, 1.807) is 0 Å². The van der Waals surface area contributed by atoms with Crippen molar-refractivity contribution in [3.8, 4) is 0 Å². The second kappa shape index (κ2) is 1.20. The zero-order valence-electron chi connectivity index (χ0n) is 6.40. The normalized spacial score (nSPS) is 53.0. The van der Waals surface area contributed by atoms with Gasteiger partial charge >= 0.3 is 0 Å². The van der Waals surface area contributed by atoms with Gasteiger partial charge in [0.1, 0.15) is 0 Å². The molecule has 2 rings (SSSR count). The SMILES string of the molecule is CC1(C)OC2(C)CCC12. The Morgan fingerprint density at radius 2 is 2.00 bits per heavy atom. The summed E-state index contributed by atoms with van der Waals surface area (Å²) in [4.78, 5) is 0. The molecule has 2 atom stereocenters. The van der Waals surface area contributed by atoms with Crippen LogP contribution in [0.15, 0.2) is 0 Å². The Labute approximate surface area is 56.4 Å². The Morgan fingerprint density at radius 1 is 1.33 bits per heavy atom. The molecule has 0 radical (unpaired) electrons. The molecular weight excluding hydrogens is 112 g/mol. The van der Waals surface area contributed by atoms with Crippen LogP contribution in [0.1, 0.15) is 33.6 Å². The van der Waals surface area contributed by atoms with Gasteiger partial charge in [-0.25, -0.2) is 0 Å². The predicted molar refractivity (Wildman–Crippen MR) is 36.3 cm³/mol. The van der Waals surface area contributed by atoms with Crippen molar-refractivity contribution in [2.45, 2.75) is 44.8 Å². The van der Waals surface area contributed by atoms with Gasteiger partial charge in [0.15, 0.2) is 0 Å². The van der Waals surface area contributed by atoms with E-state index in [0.29, 0.717) is 5.60 Å². The van der Waals surface area contributed by atoms with Crippen LogP contribution >= 0.6 is 0 Å². The minimum Gasteiger partial charge on any atom is -0.369 e. The maximum absolute atomic E-state index is 5.71. The first kappa shape index (κ1) is 5.72. The second-order valence-corrected chi connectivity index (χ2v) is 4.11. The minimum absolute atomic E-state index is 0.201. The monoisotopic (exact) mass is 126 g/mol. The molecule has 0 aromatic rings. The number of hydrogen-bond donors (Lipinski definition) is 0. The molecule has 1 aliphatic carbocycles. The van der Waals surface area contributed by atoms with Crippen molar-refractivity contribution in [1.82, 2.24) is 0 Å². The third-order valence-corrected chi connectivity index (χ3v) is 3.00. The summed E-state index contributed by atoms with van der Waals surface area (Å²) >= 11 is 0. The Morgan fingerprint density at radius 3 is 2.00 bits per heavy atom. The van der Waals surface area contributed by atoms with Gasteiger partial charge in [-0.1, -0.05) is 0 Å². The van der Waals surface area contributed by atoms with E-state index in [1.165, 1.54) is 12.8 Å². The van der Waals surface area contributed by atoms with Gasteiger partial charge in [0, 0.05) is 5.92 Å². The van der Waals surface area contributed by atoms with Gasteiger partial charge in [-0.05, 0) is 33.6 Å². The zero-order valence-corrected chi connectivity index (χ0v) is 6.40. The van der Waals surface area contributed by atoms with Crippen LogP contribution in [0.25, 0.3) is 0 Å². The lowest BCUT2D eigenvalue weighted by atomic mass is 9.58. The molecule has 0 N–H and O–H groups in total. The first-order valence-corrected chi connectivity index (χ1v) is 3.75. The number of hydrogen-bond acceptors (Lipinski definition) is 1. The first-order chi connectivity index (χ1) is 4.05. The highest BCUT2D eigenvalue weighted by Gasteiger charge is 2.62. The fourth-order valence-corrected chi connectivity index (χ4v) is 2.51. The van der Waals surface area contributed by atoms with Crippen molar-refractivity contribution in [1.29, 1.82) is 0 Å². The Kier molecular flexibility index (Phi) is 0.760. The van der Waals surface area contributed by atoms with Crippen molar-refractivity contribution >= 4 is 0 Å². The fourth-order valence-electron chi connectivity index (χ4n) is 2.51. The van der Waals surface area contributed by atoms with E-state index in [1.807, 2.05) is 0 Å². The fraction of sp³-hybridized carbons (Fsp3) is 1.00.